The third kappa shape index (κ3) is 5.27. The molecule has 32 heavy (non-hydrogen) atoms. The third-order valence-corrected chi connectivity index (χ3v) is 5.71. The van der Waals surface area contributed by atoms with Crippen LogP contribution in [-0.2, 0) is 6.42 Å². The molecule has 0 bridgehead atoms. The molecule has 1 aromatic carbocycles. The molecule has 164 valence electrons. The van der Waals surface area contributed by atoms with Crippen molar-refractivity contribution in [3.63, 3.8) is 0 Å². The van der Waals surface area contributed by atoms with Gasteiger partial charge in [0.05, 0.1) is 17.7 Å². The van der Waals surface area contributed by atoms with Crippen molar-refractivity contribution >= 4 is 11.5 Å². The van der Waals surface area contributed by atoms with Crippen LogP contribution in [0.3, 0.4) is 0 Å². The molecule has 0 radical (unpaired) electrons. The smallest absolute Gasteiger partial charge is 0.130 e. The number of anilines is 2. The Morgan fingerprint density at radius 3 is 2.34 bits per heavy atom. The Morgan fingerprint density at radius 1 is 0.969 bits per heavy atom. The summed E-state index contributed by atoms with van der Waals surface area (Å²) in [6, 6.07) is 16.8. The number of hydrogen-bond acceptors (Lipinski definition) is 6. The van der Waals surface area contributed by atoms with E-state index < -0.39 is 0 Å². The fourth-order valence-corrected chi connectivity index (χ4v) is 3.91. The number of hydrogen-bond donors (Lipinski definition) is 2. The molecule has 0 spiro atoms. The lowest BCUT2D eigenvalue weighted by molar-refractivity contribution is 0.319. The lowest BCUT2D eigenvalue weighted by Crippen LogP contribution is -2.47. The summed E-state index contributed by atoms with van der Waals surface area (Å²) in [5.74, 6) is 1.44. The SMILES string of the molecule is C=C(Cc1ccc(-c2ccnc(C)c2)cc1)Nc1ccc(N2CCN(C(=C)N)CC2)cn1. The van der Waals surface area contributed by atoms with Crippen molar-refractivity contribution in [3.05, 3.63) is 96.9 Å². The predicted octanol–water partition coefficient (Wildman–Crippen LogP) is 4.17. The van der Waals surface area contributed by atoms with Crippen molar-refractivity contribution < 1.29 is 0 Å². The molecule has 1 aliphatic rings. The van der Waals surface area contributed by atoms with Crippen molar-refractivity contribution in [2.45, 2.75) is 13.3 Å². The molecule has 3 heterocycles. The number of nitrogens with two attached hydrogens (primary N) is 1. The monoisotopic (exact) mass is 426 g/mol. The zero-order valence-corrected chi connectivity index (χ0v) is 18.6. The second-order valence-corrected chi connectivity index (χ2v) is 8.16. The van der Waals surface area contributed by atoms with Gasteiger partial charge in [-0.2, -0.15) is 0 Å². The van der Waals surface area contributed by atoms with E-state index in [1.807, 2.05) is 31.5 Å². The van der Waals surface area contributed by atoms with Gasteiger partial charge in [-0.1, -0.05) is 37.4 Å². The van der Waals surface area contributed by atoms with Crippen LogP contribution in [0.1, 0.15) is 11.3 Å². The normalized spacial score (nSPS) is 13.7. The average molecular weight is 427 g/mol. The van der Waals surface area contributed by atoms with E-state index in [0.717, 1.165) is 55.5 Å². The fourth-order valence-electron chi connectivity index (χ4n) is 3.91. The molecule has 0 atom stereocenters. The van der Waals surface area contributed by atoms with E-state index in [-0.39, 0.29) is 0 Å². The van der Waals surface area contributed by atoms with Crippen LogP contribution < -0.4 is 16.0 Å². The van der Waals surface area contributed by atoms with Crippen LogP contribution >= 0.6 is 0 Å². The topological polar surface area (TPSA) is 70.3 Å². The minimum absolute atomic E-state index is 0.642. The van der Waals surface area contributed by atoms with Crippen molar-refractivity contribution in [3.8, 4) is 11.1 Å². The summed E-state index contributed by atoms with van der Waals surface area (Å²) in [6.07, 6.45) is 4.50. The maximum absolute atomic E-state index is 5.79. The lowest BCUT2D eigenvalue weighted by Gasteiger charge is -2.36. The summed E-state index contributed by atoms with van der Waals surface area (Å²) in [6.45, 7) is 13.6. The quantitative estimate of drug-likeness (QED) is 0.591. The highest BCUT2D eigenvalue weighted by Gasteiger charge is 2.17. The van der Waals surface area contributed by atoms with Gasteiger partial charge in [-0.25, -0.2) is 4.98 Å². The molecule has 1 saturated heterocycles. The van der Waals surface area contributed by atoms with Gasteiger partial charge in [0.1, 0.15) is 5.82 Å². The van der Waals surface area contributed by atoms with Crippen molar-refractivity contribution in [1.82, 2.24) is 14.9 Å². The number of aryl methyl sites for hydroxylation is 1. The van der Waals surface area contributed by atoms with E-state index in [0.29, 0.717) is 5.82 Å². The Bertz CT molecular complexity index is 1080. The van der Waals surface area contributed by atoms with Crippen molar-refractivity contribution in [2.24, 2.45) is 5.73 Å². The lowest BCUT2D eigenvalue weighted by atomic mass is 10.0. The second-order valence-electron chi connectivity index (χ2n) is 8.16. The Morgan fingerprint density at radius 2 is 1.72 bits per heavy atom. The molecule has 1 aliphatic heterocycles. The number of nitrogens with one attached hydrogen (secondary N) is 1. The highest BCUT2D eigenvalue weighted by atomic mass is 15.3. The number of nitrogens with zero attached hydrogens (tertiary/aromatic N) is 4. The fraction of sp³-hybridized carbons (Fsp3) is 0.231. The first kappa shape index (κ1) is 21.4. The van der Waals surface area contributed by atoms with Crippen molar-refractivity contribution in [1.29, 1.82) is 0 Å². The van der Waals surface area contributed by atoms with Gasteiger partial charge in [-0.3, -0.25) is 4.98 Å². The maximum Gasteiger partial charge on any atom is 0.130 e. The average Bonchev–Trinajstić information content (AvgIpc) is 2.80. The number of benzene rings is 1. The number of piperazine rings is 1. The summed E-state index contributed by atoms with van der Waals surface area (Å²) in [7, 11) is 0. The standard InChI is InChI=1S/C26H30N6/c1-19-17-24(10-11-28-19)23-6-4-22(5-7-23)16-20(2)30-26-9-8-25(18-29-26)32-14-12-31(13-15-32)21(3)27/h4-11,17-18H,2-3,12-16,27H2,1H3,(H,29,30). The van der Waals surface area contributed by atoms with Crippen molar-refractivity contribution in [2.75, 3.05) is 36.4 Å². The second kappa shape index (κ2) is 9.56. The largest absolute Gasteiger partial charge is 0.386 e. The first-order chi connectivity index (χ1) is 15.5. The number of pyridine rings is 2. The zero-order chi connectivity index (χ0) is 22.5. The molecule has 4 rings (SSSR count). The molecule has 0 amide bonds. The molecule has 2 aromatic heterocycles. The highest BCUT2D eigenvalue weighted by molar-refractivity contribution is 5.63. The van der Waals surface area contributed by atoms with E-state index in [9.17, 15) is 0 Å². The van der Waals surface area contributed by atoms with Gasteiger partial charge in [-0.05, 0) is 47.9 Å². The third-order valence-electron chi connectivity index (χ3n) is 5.71. The van der Waals surface area contributed by atoms with Gasteiger partial charge >= 0.3 is 0 Å². The Kier molecular flexibility index (Phi) is 6.40. The van der Waals surface area contributed by atoms with Crippen LogP contribution in [0.5, 0.6) is 0 Å². The Labute approximate surface area is 190 Å². The van der Waals surface area contributed by atoms with Crippen LogP contribution in [0.15, 0.2) is 85.6 Å². The van der Waals surface area contributed by atoms with Gasteiger partial charge in [0, 0.05) is 50.2 Å². The van der Waals surface area contributed by atoms with E-state index in [2.05, 4.69) is 74.6 Å². The van der Waals surface area contributed by atoms with Gasteiger partial charge < -0.3 is 20.9 Å². The first-order valence-electron chi connectivity index (χ1n) is 10.8. The molecule has 3 aromatic rings. The molecule has 0 unspecified atom stereocenters. The number of allylic oxidation sites excluding steroid dienone is 1. The van der Waals surface area contributed by atoms with Crippen LogP contribution in [0, 0.1) is 6.92 Å². The molecule has 3 N–H and O–H groups in total. The van der Waals surface area contributed by atoms with Gasteiger partial charge in [0.25, 0.3) is 0 Å². The zero-order valence-electron chi connectivity index (χ0n) is 18.6. The first-order valence-corrected chi connectivity index (χ1v) is 10.8. The molecule has 0 aliphatic carbocycles. The Balaban J connectivity index is 1.31. The summed E-state index contributed by atoms with van der Waals surface area (Å²) < 4.78 is 0. The highest BCUT2D eigenvalue weighted by Crippen LogP contribution is 2.22. The maximum atomic E-state index is 5.79. The summed E-state index contributed by atoms with van der Waals surface area (Å²) in [5, 5.41) is 3.33. The minimum Gasteiger partial charge on any atom is -0.386 e. The van der Waals surface area contributed by atoms with E-state index in [4.69, 9.17) is 5.73 Å². The van der Waals surface area contributed by atoms with Gasteiger partial charge in [0.2, 0.25) is 0 Å². The minimum atomic E-state index is 0.642. The number of aromatic nitrogens is 2. The summed E-state index contributed by atoms with van der Waals surface area (Å²) in [5.41, 5.74) is 12.4. The molecule has 6 heteroatoms. The van der Waals surface area contributed by atoms with Crippen LogP contribution in [-0.4, -0.2) is 41.0 Å². The van der Waals surface area contributed by atoms with Crippen LogP contribution in [0.2, 0.25) is 0 Å². The van der Waals surface area contributed by atoms with Crippen LogP contribution in [0.4, 0.5) is 11.5 Å². The number of rotatable bonds is 7. The van der Waals surface area contributed by atoms with E-state index in [1.165, 1.54) is 16.7 Å². The van der Waals surface area contributed by atoms with E-state index in [1.54, 1.807) is 0 Å². The predicted molar refractivity (Wildman–Crippen MR) is 132 cm³/mol. The summed E-state index contributed by atoms with van der Waals surface area (Å²) in [4.78, 5) is 13.3. The van der Waals surface area contributed by atoms with Gasteiger partial charge in [0.15, 0.2) is 0 Å². The van der Waals surface area contributed by atoms with Crippen LogP contribution in [0.25, 0.3) is 11.1 Å². The molecular formula is C26H30N6. The summed E-state index contributed by atoms with van der Waals surface area (Å²) >= 11 is 0. The Hall–Kier alpha value is -3.80. The molecular weight excluding hydrogens is 396 g/mol. The molecule has 6 nitrogen and oxygen atoms in total. The molecule has 0 saturated carbocycles. The molecule has 1 fully saturated rings. The van der Waals surface area contributed by atoms with Gasteiger partial charge in [-0.15, -0.1) is 0 Å². The van der Waals surface area contributed by atoms with E-state index >= 15 is 0 Å².